The number of ether oxygens (including phenoxy) is 1. The second-order valence-corrected chi connectivity index (χ2v) is 7.59. The molecule has 25 heavy (non-hydrogen) atoms. The van der Waals surface area contributed by atoms with Gasteiger partial charge in [-0.25, -0.2) is 0 Å². The van der Waals surface area contributed by atoms with Crippen LogP contribution in [-0.2, 0) is 10.3 Å². The molecule has 1 unspecified atom stereocenters. The highest BCUT2D eigenvalue weighted by atomic mass is 16.5. The Labute approximate surface area is 147 Å². The maximum atomic E-state index is 12.8. The third-order valence-electron chi connectivity index (χ3n) is 4.10. The Morgan fingerprint density at radius 3 is 2.68 bits per heavy atom. The first kappa shape index (κ1) is 17.6. The number of hydrogen-bond acceptors (Lipinski definition) is 6. The molecule has 2 aromatic rings. The van der Waals surface area contributed by atoms with E-state index in [2.05, 4.69) is 15.3 Å². The number of amides is 1. The molecule has 3 rings (SSSR count). The normalized spacial score (nSPS) is 18.8. The highest BCUT2D eigenvalue weighted by Gasteiger charge is 2.30. The van der Waals surface area contributed by atoms with Gasteiger partial charge in [0.05, 0.1) is 30.5 Å². The molecule has 1 saturated heterocycles. The third kappa shape index (κ3) is 3.73. The molecule has 0 radical (unpaired) electrons. The van der Waals surface area contributed by atoms with Crippen LogP contribution in [0.3, 0.4) is 0 Å². The summed E-state index contributed by atoms with van der Waals surface area (Å²) < 4.78 is 13.2. The molecular formula is C17H25N5O3. The Morgan fingerprint density at radius 1 is 1.32 bits per heavy atom. The Kier molecular flexibility index (Phi) is 4.64. The molecule has 0 spiro atoms. The summed E-state index contributed by atoms with van der Waals surface area (Å²) in [6, 6.07) is 0. The minimum absolute atomic E-state index is 0.0626. The van der Waals surface area contributed by atoms with Gasteiger partial charge < -0.3 is 14.1 Å². The van der Waals surface area contributed by atoms with Gasteiger partial charge in [0.1, 0.15) is 0 Å². The lowest BCUT2D eigenvalue weighted by molar-refractivity contribution is -0.0351. The van der Waals surface area contributed by atoms with Crippen LogP contribution in [0.4, 0.5) is 0 Å². The SMILES string of the molecule is CC(C)c1nnc(C2CN(C(=O)c3cnn(C(C)(C)C)c3)CCO2)o1. The van der Waals surface area contributed by atoms with Crippen LogP contribution in [0.1, 0.15) is 68.8 Å². The summed E-state index contributed by atoms with van der Waals surface area (Å²) in [6.45, 7) is 11.5. The van der Waals surface area contributed by atoms with Crippen LogP contribution in [-0.4, -0.2) is 50.5 Å². The van der Waals surface area contributed by atoms with Gasteiger partial charge in [-0.05, 0) is 20.8 Å². The molecule has 1 fully saturated rings. The van der Waals surface area contributed by atoms with E-state index in [0.29, 0.717) is 37.0 Å². The molecule has 0 aliphatic carbocycles. The molecule has 2 aromatic heterocycles. The first-order valence-electron chi connectivity index (χ1n) is 8.55. The fraction of sp³-hybridized carbons (Fsp3) is 0.647. The zero-order chi connectivity index (χ0) is 18.2. The van der Waals surface area contributed by atoms with Crippen LogP contribution >= 0.6 is 0 Å². The molecule has 1 aliphatic rings. The standard InChI is InChI=1S/C17H25N5O3/c1-11(2)14-19-20-15(25-14)13-10-21(6-7-24-13)16(23)12-8-18-22(9-12)17(3,4)5/h8-9,11,13H,6-7,10H2,1-5H3. The number of nitrogens with zero attached hydrogens (tertiary/aromatic N) is 5. The Morgan fingerprint density at radius 2 is 2.08 bits per heavy atom. The van der Waals surface area contributed by atoms with Crippen molar-refractivity contribution >= 4 is 5.91 Å². The van der Waals surface area contributed by atoms with Crippen molar-refractivity contribution in [2.45, 2.75) is 52.2 Å². The molecule has 0 bridgehead atoms. The molecular weight excluding hydrogens is 322 g/mol. The van der Waals surface area contributed by atoms with E-state index in [1.165, 1.54) is 0 Å². The maximum absolute atomic E-state index is 12.8. The lowest BCUT2D eigenvalue weighted by Gasteiger charge is -2.31. The Balaban J connectivity index is 1.72. The molecule has 3 heterocycles. The maximum Gasteiger partial charge on any atom is 0.257 e. The molecule has 0 N–H and O–H groups in total. The molecule has 136 valence electrons. The van der Waals surface area contributed by atoms with Gasteiger partial charge in [-0.3, -0.25) is 9.48 Å². The quantitative estimate of drug-likeness (QED) is 0.847. The number of aromatic nitrogens is 4. The fourth-order valence-electron chi connectivity index (χ4n) is 2.58. The van der Waals surface area contributed by atoms with Crippen LogP contribution in [0.5, 0.6) is 0 Å². The van der Waals surface area contributed by atoms with Crippen LogP contribution in [0.15, 0.2) is 16.8 Å². The first-order chi connectivity index (χ1) is 11.8. The summed E-state index contributed by atoms with van der Waals surface area (Å²) >= 11 is 0. The van der Waals surface area contributed by atoms with E-state index in [9.17, 15) is 4.79 Å². The Bertz CT molecular complexity index is 744. The van der Waals surface area contributed by atoms with Crippen molar-refractivity contribution in [3.8, 4) is 0 Å². The van der Waals surface area contributed by atoms with E-state index >= 15 is 0 Å². The van der Waals surface area contributed by atoms with E-state index in [4.69, 9.17) is 9.15 Å². The summed E-state index contributed by atoms with van der Waals surface area (Å²) in [7, 11) is 0. The highest BCUT2D eigenvalue weighted by Crippen LogP contribution is 2.24. The van der Waals surface area contributed by atoms with Gasteiger partial charge in [0.25, 0.3) is 5.91 Å². The average molecular weight is 347 g/mol. The molecule has 8 heteroatoms. The summed E-state index contributed by atoms with van der Waals surface area (Å²) in [5.41, 5.74) is 0.410. The van der Waals surface area contributed by atoms with Crippen LogP contribution < -0.4 is 0 Å². The number of carbonyl (C=O) groups excluding carboxylic acids is 1. The molecule has 1 aliphatic heterocycles. The summed E-state index contributed by atoms with van der Waals surface area (Å²) in [5.74, 6) is 1.10. The van der Waals surface area contributed by atoms with E-state index in [1.807, 2.05) is 34.6 Å². The van der Waals surface area contributed by atoms with Gasteiger partial charge in [0.15, 0.2) is 6.10 Å². The zero-order valence-corrected chi connectivity index (χ0v) is 15.4. The van der Waals surface area contributed by atoms with Crippen molar-refractivity contribution in [3.63, 3.8) is 0 Å². The van der Waals surface area contributed by atoms with Gasteiger partial charge in [-0.15, -0.1) is 10.2 Å². The minimum Gasteiger partial charge on any atom is -0.422 e. The van der Waals surface area contributed by atoms with Crippen molar-refractivity contribution in [1.29, 1.82) is 0 Å². The zero-order valence-electron chi connectivity index (χ0n) is 15.4. The van der Waals surface area contributed by atoms with Gasteiger partial charge >= 0.3 is 0 Å². The van der Waals surface area contributed by atoms with Gasteiger partial charge in [0.2, 0.25) is 11.8 Å². The number of hydrogen-bond donors (Lipinski definition) is 0. The number of morpholine rings is 1. The molecule has 0 saturated carbocycles. The average Bonchev–Trinajstić information content (AvgIpc) is 3.23. The fourth-order valence-corrected chi connectivity index (χ4v) is 2.58. The predicted molar refractivity (Wildman–Crippen MR) is 90.2 cm³/mol. The second kappa shape index (κ2) is 6.59. The monoisotopic (exact) mass is 347 g/mol. The summed E-state index contributed by atoms with van der Waals surface area (Å²) in [5, 5.41) is 12.4. The summed E-state index contributed by atoms with van der Waals surface area (Å²) in [4.78, 5) is 14.5. The lowest BCUT2D eigenvalue weighted by atomic mass is 10.1. The van der Waals surface area contributed by atoms with Gasteiger partial charge in [0, 0.05) is 18.7 Å². The molecule has 0 aromatic carbocycles. The van der Waals surface area contributed by atoms with Crippen molar-refractivity contribution in [3.05, 3.63) is 29.7 Å². The molecule has 1 amide bonds. The van der Waals surface area contributed by atoms with Gasteiger partial charge in [-0.2, -0.15) is 5.10 Å². The highest BCUT2D eigenvalue weighted by molar-refractivity contribution is 5.93. The number of carbonyl (C=O) groups is 1. The van der Waals surface area contributed by atoms with E-state index < -0.39 is 6.10 Å². The van der Waals surface area contributed by atoms with Crippen LogP contribution in [0.2, 0.25) is 0 Å². The van der Waals surface area contributed by atoms with E-state index in [1.54, 1.807) is 22.0 Å². The third-order valence-corrected chi connectivity index (χ3v) is 4.10. The topological polar surface area (TPSA) is 86.3 Å². The molecule has 8 nitrogen and oxygen atoms in total. The summed E-state index contributed by atoms with van der Waals surface area (Å²) in [6.07, 6.45) is 3.01. The van der Waals surface area contributed by atoms with E-state index in [0.717, 1.165) is 0 Å². The van der Waals surface area contributed by atoms with Crippen LogP contribution in [0, 0.1) is 0 Å². The smallest absolute Gasteiger partial charge is 0.257 e. The Hall–Kier alpha value is -2.22. The van der Waals surface area contributed by atoms with E-state index in [-0.39, 0.29) is 17.4 Å². The second-order valence-electron chi connectivity index (χ2n) is 7.59. The van der Waals surface area contributed by atoms with Crippen molar-refractivity contribution in [2.75, 3.05) is 19.7 Å². The minimum atomic E-state index is -0.393. The van der Waals surface area contributed by atoms with Crippen molar-refractivity contribution in [2.24, 2.45) is 0 Å². The largest absolute Gasteiger partial charge is 0.422 e. The van der Waals surface area contributed by atoms with Crippen molar-refractivity contribution < 1.29 is 13.9 Å². The number of rotatable bonds is 3. The first-order valence-corrected chi connectivity index (χ1v) is 8.55. The van der Waals surface area contributed by atoms with Gasteiger partial charge in [-0.1, -0.05) is 13.8 Å². The van der Waals surface area contributed by atoms with Crippen molar-refractivity contribution in [1.82, 2.24) is 24.9 Å². The van der Waals surface area contributed by atoms with Crippen LogP contribution in [0.25, 0.3) is 0 Å². The molecule has 1 atom stereocenters. The predicted octanol–water partition coefficient (Wildman–Crippen LogP) is 2.36. The lowest BCUT2D eigenvalue weighted by Crippen LogP contribution is -2.42.